The number of nitrogens with zero attached hydrogens (tertiary/aromatic N) is 3. The summed E-state index contributed by atoms with van der Waals surface area (Å²) in [5, 5.41) is 20.8. The number of aromatic nitrogens is 2. The Labute approximate surface area is 244 Å². The molecule has 3 N–H and O–H groups in total. The molecule has 2 aliphatic heterocycles. The van der Waals surface area contributed by atoms with E-state index in [2.05, 4.69) is 20.8 Å². The van der Waals surface area contributed by atoms with E-state index in [1.807, 2.05) is 44.5 Å². The highest BCUT2D eigenvalue weighted by Gasteiger charge is 2.43. The Balaban J connectivity index is 1.33. The maximum atomic E-state index is 13.7. The number of ether oxygens (including phenoxy) is 1. The summed E-state index contributed by atoms with van der Waals surface area (Å²) in [6.45, 7) is 9.81. The number of likely N-dealkylation sites (tertiary alicyclic amines) is 1. The molecule has 0 bridgehead atoms. The van der Waals surface area contributed by atoms with Crippen molar-refractivity contribution in [2.24, 2.45) is 5.92 Å². The summed E-state index contributed by atoms with van der Waals surface area (Å²) < 4.78 is 11.9. The Morgan fingerprint density at radius 1 is 1.24 bits per heavy atom. The molecule has 220 valence electrons. The van der Waals surface area contributed by atoms with Crippen LogP contribution in [0.3, 0.4) is 0 Å². The number of aliphatic hydroxyl groups excluding tert-OH is 1. The van der Waals surface area contributed by atoms with Crippen LogP contribution < -0.4 is 15.4 Å². The van der Waals surface area contributed by atoms with Crippen molar-refractivity contribution in [2.75, 3.05) is 19.6 Å². The number of rotatable bonds is 9. The Morgan fingerprint density at radius 3 is 2.68 bits per heavy atom. The minimum absolute atomic E-state index is 0.0771. The molecule has 0 aliphatic carbocycles. The van der Waals surface area contributed by atoms with E-state index in [4.69, 9.17) is 9.26 Å². The zero-order valence-electron chi connectivity index (χ0n) is 24.1. The molecule has 41 heavy (non-hydrogen) atoms. The lowest BCUT2D eigenvalue weighted by Crippen LogP contribution is -2.48. The maximum Gasteiger partial charge on any atom is 0.243 e. The Hall–Kier alpha value is -3.28. The molecule has 3 atom stereocenters. The monoisotopic (exact) mass is 581 g/mol. The number of thiazole rings is 1. The summed E-state index contributed by atoms with van der Waals surface area (Å²) in [5.41, 5.74) is 5.38. The third kappa shape index (κ3) is 6.63. The lowest BCUT2D eigenvalue weighted by atomic mass is 9.91. The number of carbonyl (C=O) groups excluding carboxylic acids is 2. The number of hydrogen-bond acceptors (Lipinski definition) is 9. The van der Waals surface area contributed by atoms with Crippen molar-refractivity contribution in [3.8, 4) is 16.2 Å². The number of nitrogens with one attached hydrogen (secondary N) is 2. The summed E-state index contributed by atoms with van der Waals surface area (Å²) in [4.78, 5) is 34.2. The van der Waals surface area contributed by atoms with Gasteiger partial charge in [0.1, 0.15) is 29.6 Å². The standard InChI is InChI=1S/C30H39N5O5S/c1-17(2)27(26-11-18(3)34-40-26)30(38)35-15-22(36)13-24(35)29(37)32-14-21-6-5-20(28-19(4)33-16-41-28)12-25(21)39-23-7-9-31-10-8-23/h5-6,11-12,16-17,22-24,27,31,36H,7-10,13-15H2,1-4H3,(H,32,37)/t22-,24+,27?/m1/s1. The largest absolute Gasteiger partial charge is 0.490 e. The van der Waals surface area contributed by atoms with Gasteiger partial charge in [-0.2, -0.15) is 0 Å². The highest BCUT2D eigenvalue weighted by Crippen LogP contribution is 2.34. The third-order valence-corrected chi connectivity index (χ3v) is 8.84. The summed E-state index contributed by atoms with van der Waals surface area (Å²) >= 11 is 1.59. The van der Waals surface area contributed by atoms with E-state index >= 15 is 0 Å². The van der Waals surface area contributed by atoms with Gasteiger partial charge in [0, 0.05) is 31.1 Å². The zero-order valence-corrected chi connectivity index (χ0v) is 24.9. The highest BCUT2D eigenvalue weighted by molar-refractivity contribution is 7.13. The van der Waals surface area contributed by atoms with Crippen molar-refractivity contribution in [3.63, 3.8) is 0 Å². The van der Waals surface area contributed by atoms with Crippen molar-refractivity contribution in [2.45, 2.75) is 77.7 Å². The third-order valence-electron chi connectivity index (χ3n) is 7.86. The number of amides is 2. The molecule has 2 aliphatic rings. The van der Waals surface area contributed by atoms with E-state index in [9.17, 15) is 14.7 Å². The number of β-amino-alcohol motifs (C(OH)–C–C–N with tert-alkyl or cyclic N) is 1. The number of carbonyl (C=O) groups is 2. The van der Waals surface area contributed by atoms with Gasteiger partial charge in [-0.25, -0.2) is 4.98 Å². The SMILES string of the molecule is Cc1cc(C(C(=O)N2C[C@H](O)C[C@H]2C(=O)NCc2ccc(-c3scnc3C)cc2OC2CCNCC2)C(C)C)on1. The molecule has 2 aromatic heterocycles. The smallest absolute Gasteiger partial charge is 0.243 e. The summed E-state index contributed by atoms with van der Waals surface area (Å²) in [5.74, 6) is -0.00824. The van der Waals surface area contributed by atoms with E-state index in [-0.39, 0.29) is 43.3 Å². The zero-order chi connectivity index (χ0) is 29.1. The normalized spacial score (nSPS) is 20.4. The Bertz CT molecular complexity index is 1360. The van der Waals surface area contributed by atoms with Crippen LogP contribution in [-0.4, -0.2) is 69.8 Å². The molecule has 0 spiro atoms. The van der Waals surface area contributed by atoms with E-state index in [1.54, 1.807) is 24.3 Å². The van der Waals surface area contributed by atoms with Crippen LogP contribution in [0.2, 0.25) is 0 Å². The number of aliphatic hydroxyl groups is 1. The van der Waals surface area contributed by atoms with Crippen LogP contribution in [0.4, 0.5) is 0 Å². The van der Waals surface area contributed by atoms with Crippen LogP contribution in [0, 0.1) is 19.8 Å². The Kier molecular flexibility index (Phi) is 9.06. The van der Waals surface area contributed by atoms with E-state index in [0.29, 0.717) is 11.5 Å². The molecule has 1 unspecified atom stereocenters. The highest BCUT2D eigenvalue weighted by atomic mass is 32.1. The molecule has 0 saturated carbocycles. The average molecular weight is 582 g/mol. The number of benzene rings is 1. The predicted octanol–water partition coefficient (Wildman–Crippen LogP) is 3.56. The second kappa shape index (κ2) is 12.7. The van der Waals surface area contributed by atoms with Gasteiger partial charge in [0.05, 0.1) is 27.9 Å². The van der Waals surface area contributed by atoms with E-state index in [0.717, 1.165) is 53.4 Å². The van der Waals surface area contributed by atoms with Crippen LogP contribution >= 0.6 is 11.3 Å². The molecule has 2 amide bonds. The minimum atomic E-state index is -0.782. The van der Waals surface area contributed by atoms with Crippen LogP contribution in [-0.2, 0) is 16.1 Å². The summed E-state index contributed by atoms with van der Waals surface area (Å²) in [7, 11) is 0. The average Bonchev–Trinajstić information content (AvgIpc) is 3.68. The van der Waals surface area contributed by atoms with Crippen molar-refractivity contribution in [3.05, 3.63) is 52.5 Å². The molecule has 11 heteroatoms. The molecule has 3 aromatic rings. The molecular weight excluding hydrogens is 542 g/mol. The lowest BCUT2D eigenvalue weighted by Gasteiger charge is -2.29. The number of piperidine rings is 1. The first-order valence-corrected chi connectivity index (χ1v) is 15.2. The second-order valence-electron chi connectivity index (χ2n) is 11.4. The van der Waals surface area contributed by atoms with Gasteiger partial charge in [-0.15, -0.1) is 11.3 Å². The van der Waals surface area contributed by atoms with Crippen LogP contribution in [0.15, 0.2) is 34.3 Å². The molecule has 2 fully saturated rings. The molecule has 2 saturated heterocycles. The molecule has 4 heterocycles. The number of aryl methyl sites for hydroxylation is 2. The topological polar surface area (TPSA) is 130 Å². The lowest BCUT2D eigenvalue weighted by molar-refractivity contribution is -0.141. The minimum Gasteiger partial charge on any atom is -0.490 e. The van der Waals surface area contributed by atoms with Crippen LogP contribution in [0.5, 0.6) is 5.75 Å². The molecule has 5 rings (SSSR count). The van der Waals surface area contributed by atoms with Gasteiger partial charge in [0.2, 0.25) is 11.8 Å². The fourth-order valence-corrected chi connectivity index (χ4v) is 6.48. The van der Waals surface area contributed by atoms with Gasteiger partial charge in [-0.1, -0.05) is 31.1 Å². The van der Waals surface area contributed by atoms with Crippen molar-refractivity contribution < 1.29 is 24.0 Å². The Morgan fingerprint density at radius 2 is 2.02 bits per heavy atom. The number of hydrogen-bond donors (Lipinski definition) is 3. The fourth-order valence-electron chi connectivity index (χ4n) is 5.67. The molecule has 10 nitrogen and oxygen atoms in total. The van der Waals surface area contributed by atoms with Gasteiger partial charge in [0.25, 0.3) is 0 Å². The van der Waals surface area contributed by atoms with Gasteiger partial charge in [-0.05, 0) is 57.3 Å². The molecule has 1 aromatic carbocycles. The van der Waals surface area contributed by atoms with Crippen LogP contribution in [0.25, 0.3) is 10.4 Å². The fraction of sp³-hybridized carbons (Fsp3) is 0.533. The van der Waals surface area contributed by atoms with Crippen molar-refractivity contribution >= 4 is 23.2 Å². The van der Waals surface area contributed by atoms with Gasteiger partial charge in [0.15, 0.2) is 0 Å². The van der Waals surface area contributed by atoms with Crippen molar-refractivity contribution in [1.82, 2.24) is 25.7 Å². The van der Waals surface area contributed by atoms with Crippen LogP contribution in [0.1, 0.15) is 61.7 Å². The van der Waals surface area contributed by atoms with Crippen molar-refractivity contribution in [1.29, 1.82) is 0 Å². The van der Waals surface area contributed by atoms with Gasteiger partial charge >= 0.3 is 0 Å². The molecular formula is C30H39N5O5S. The quantitative estimate of drug-likeness (QED) is 0.350. The maximum absolute atomic E-state index is 13.7. The van der Waals surface area contributed by atoms with Gasteiger partial charge < -0.3 is 29.9 Å². The first-order chi connectivity index (χ1) is 19.7. The van der Waals surface area contributed by atoms with E-state index in [1.165, 1.54) is 4.90 Å². The summed E-state index contributed by atoms with van der Waals surface area (Å²) in [6, 6.07) is 7.02. The van der Waals surface area contributed by atoms with E-state index < -0.39 is 18.1 Å². The molecule has 0 radical (unpaired) electrons. The second-order valence-corrected chi connectivity index (χ2v) is 12.2. The summed E-state index contributed by atoms with van der Waals surface area (Å²) in [6.07, 6.45) is 1.32. The first kappa shape index (κ1) is 29.2. The van der Waals surface area contributed by atoms with Gasteiger partial charge in [-0.3, -0.25) is 9.59 Å². The predicted molar refractivity (Wildman–Crippen MR) is 156 cm³/mol. The first-order valence-electron chi connectivity index (χ1n) is 14.3.